The van der Waals surface area contributed by atoms with E-state index < -0.39 is 11.8 Å². The molecule has 0 saturated carbocycles. The second kappa shape index (κ2) is 7.58. The lowest BCUT2D eigenvalue weighted by Gasteiger charge is -2.15. The quantitative estimate of drug-likeness (QED) is 0.598. The topological polar surface area (TPSA) is 49.4 Å². The fraction of sp³-hybridized carbons (Fsp3) is 0. The van der Waals surface area contributed by atoms with Gasteiger partial charge >= 0.3 is 0 Å². The van der Waals surface area contributed by atoms with Crippen molar-refractivity contribution in [2.24, 2.45) is 0 Å². The third-order valence-electron chi connectivity index (χ3n) is 3.29. The van der Waals surface area contributed by atoms with Gasteiger partial charge in [-0.3, -0.25) is 15.0 Å². The second-order valence-corrected chi connectivity index (χ2v) is 7.51. The van der Waals surface area contributed by atoms with Gasteiger partial charge in [0.2, 0.25) is 0 Å². The first-order valence-electron chi connectivity index (χ1n) is 7.05. The van der Waals surface area contributed by atoms with E-state index in [0.29, 0.717) is 26.1 Å². The smallest absolute Gasteiger partial charge is 0.267 e. The van der Waals surface area contributed by atoms with Crippen LogP contribution in [0.2, 0.25) is 10.0 Å². The third kappa shape index (κ3) is 4.04. The number of halogens is 2. The summed E-state index contributed by atoms with van der Waals surface area (Å²) in [5.74, 6) is -0.826. The molecule has 2 aromatic rings. The van der Waals surface area contributed by atoms with Gasteiger partial charge in [-0.25, -0.2) is 0 Å². The zero-order chi connectivity index (χ0) is 18.0. The first-order chi connectivity index (χ1) is 12.0. The van der Waals surface area contributed by atoms with Crippen LogP contribution in [0.3, 0.4) is 0 Å². The summed E-state index contributed by atoms with van der Waals surface area (Å²) in [6.07, 6.45) is 1.62. The predicted molar refractivity (Wildman–Crippen MR) is 105 cm³/mol. The van der Waals surface area contributed by atoms with E-state index in [1.54, 1.807) is 54.6 Å². The molecule has 1 fully saturated rings. The Morgan fingerprint density at radius 1 is 1.16 bits per heavy atom. The molecule has 3 rings (SSSR count). The van der Waals surface area contributed by atoms with Gasteiger partial charge in [0.15, 0.2) is 4.32 Å². The zero-order valence-corrected chi connectivity index (χ0v) is 15.7. The lowest BCUT2D eigenvalue weighted by Crippen LogP contribution is -2.44. The molecule has 0 atom stereocenters. The highest BCUT2D eigenvalue weighted by molar-refractivity contribution is 8.26. The van der Waals surface area contributed by atoms with E-state index in [4.69, 9.17) is 35.4 Å². The maximum Gasteiger partial charge on any atom is 0.285 e. The van der Waals surface area contributed by atoms with Crippen molar-refractivity contribution in [3.05, 3.63) is 74.6 Å². The fourth-order valence-electron chi connectivity index (χ4n) is 2.08. The Bertz CT molecular complexity index is 901. The maximum atomic E-state index is 12.5. The number of hydrogen-bond acceptors (Lipinski definition) is 4. The van der Waals surface area contributed by atoms with Gasteiger partial charge in [0.05, 0.1) is 4.91 Å². The van der Waals surface area contributed by atoms with Gasteiger partial charge in [0.1, 0.15) is 0 Å². The SMILES string of the molecule is O=C(NN1C(=O)/C(=C\c2ccc(Cl)cc2Cl)SC1=S)c1ccccc1. The Balaban J connectivity index is 1.80. The van der Waals surface area contributed by atoms with Crippen molar-refractivity contribution >= 4 is 69.4 Å². The van der Waals surface area contributed by atoms with Gasteiger partial charge in [-0.05, 0) is 48.1 Å². The number of nitrogens with one attached hydrogen (secondary N) is 1. The standard InChI is InChI=1S/C17H10Cl2N2O2S2/c18-12-7-6-11(13(19)9-12)8-14-16(23)21(17(24)25-14)20-15(22)10-4-2-1-3-5-10/h1-9H,(H,20,22)/b14-8+. The van der Waals surface area contributed by atoms with Crippen LogP contribution >= 0.6 is 47.2 Å². The number of carbonyl (C=O) groups is 2. The highest BCUT2D eigenvalue weighted by Crippen LogP contribution is 2.33. The van der Waals surface area contributed by atoms with Crippen molar-refractivity contribution in [3.8, 4) is 0 Å². The van der Waals surface area contributed by atoms with Crippen molar-refractivity contribution in [2.75, 3.05) is 0 Å². The molecule has 8 heteroatoms. The number of rotatable bonds is 3. The molecule has 0 unspecified atom stereocenters. The van der Waals surface area contributed by atoms with Crippen LogP contribution in [0.1, 0.15) is 15.9 Å². The van der Waals surface area contributed by atoms with Crippen molar-refractivity contribution in [2.45, 2.75) is 0 Å². The van der Waals surface area contributed by atoms with Crippen molar-refractivity contribution < 1.29 is 9.59 Å². The molecule has 0 bridgehead atoms. The number of carbonyl (C=O) groups excluding carboxylic acids is 2. The average Bonchev–Trinajstić information content (AvgIpc) is 2.85. The zero-order valence-electron chi connectivity index (χ0n) is 12.5. The molecular formula is C17H10Cl2N2O2S2. The van der Waals surface area contributed by atoms with Crippen LogP contribution in [0, 0.1) is 0 Å². The molecule has 0 spiro atoms. The van der Waals surface area contributed by atoms with E-state index in [9.17, 15) is 9.59 Å². The van der Waals surface area contributed by atoms with Crippen LogP contribution in [-0.2, 0) is 4.79 Å². The van der Waals surface area contributed by atoms with Gasteiger partial charge in [0, 0.05) is 15.6 Å². The summed E-state index contributed by atoms with van der Waals surface area (Å²) in [7, 11) is 0. The van der Waals surface area contributed by atoms with E-state index in [0.717, 1.165) is 16.8 Å². The number of amides is 2. The third-order valence-corrected chi connectivity index (χ3v) is 5.16. The molecule has 0 aromatic heterocycles. The van der Waals surface area contributed by atoms with Gasteiger partial charge < -0.3 is 0 Å². The Kier molecular flexibility index (Phi) is 5.44. The summed E-state index contributed by atoms with van der Waals surface area (Å²) < 4.78 is 0.241. The van der Waals surface area contributed by atoms with Crippen LogP contribution in [0.5, 0.6) is 0 Å². The fourth-order valence-corrected chi connectivity index (χ4v) is 3.71. The molecular weight excluding hydrogens is 399 g/mol. The Labute approximate surface area is 163 Å². The van der Waals surface area contributed by atoms with Crippen LogP contribution in [-0.4, -0.2) is 21.1 Å². The Morgan fingerprint density at radius 3 is 2.56 bits per heavy atom. The summed E-state index contributed by atoms with van der Waals surface area (Å²) in [6, 6.07) is 13.6. The first-order valence-corrected chi connectivity index (χ1v) is 9.03. The minimum absolute atomic E-state index is 0.241. The molecule has 0 radical (unpaired) electrons. The lowest BCUT2D eigenvalue weighted by molar-refractivity contribution is -0.123. The number of hydrazine groups is 1. The molecule has 1 heterocycles. The molecule has 2 aromatic carbocycles. The Hall–Kier alpha value is -1.86. The molecule has 1 saturated heterocycles. The number of nitrogens with zero attached hydrogens (tertiary/aromatic N) is 1. The van der Waals surface area contributed by atoms with E-state index in [1.807, 2.05) is 0 Å². The van der Waals surface area contributed by atoms with E-state index in [-0.39, 0.29) is 4.32 Å². The minimum Gasteiger partial charge on any atom is -0.267 e. The molecule has 0 aliphatic carbocycles. The van der Waals surface area contributed by atoms with Gasteiger partial charge in [-0.15, -0.1) is 0 Å². The largest absolute Gasteiger partial charge is 0.285 e. The molecule has 1 N–H and O–H groups in total. The first kappa shape index (κ1) is 17.9. The van der Waals surface area contributed by atoms with E-state index >= 15 is 0 Å². The summed E-state index contributed by atoms with van der Waals surface area (Å²) in [5, 5.41) is 1.99. The van der Waals surface area contributed by atoms with Crippen molar-refractivity contribution in [3.63, 3.8) is 0 Å². The monoisotopic (exact) mass is 408 g/mol. The Morgan fingerprint density at radius 2 is 1.88 bits per heavy atom. The summed E-state index contributed by atoms with van der Waals surface area (Å²) in [6.45, 7) is 0. The molecule has 4 nitrogen and oxygen atoms in total. The summed E-state index contributed by atoms with van der Waals surface area (Å²) >= 11 is 18.3. The van der Waals surface area contributed by atoms with E-state index in [1.165, 1.54) is 0 Å². The number of thiocarbonyl (C=S) groups is 1. The normalized spacial score (nSPS) is 15.8. The van der Waals surface area contributed by atoms with Crippen LogP contribution < -0.4 is 5.43 Å². The highest BCUT2D eigenvalue weighted by atomic mass is 35.5. The summed E-state index contributed by atoms with van der Waals surface area (Å²) in [5.41, 5.74) is 3.59. The summed E-state index contributed by atoms with van der Waals surface area (Å²) in [4.78, 5) is 25.1. The molecule has 25 heavy (non-hydrogen) atoms. The highest BCUT2D eigenvalue weighted by Gasteiger charge is 2.33. The molecule has 1 aliphatic heterocycles. The van der Waals surface area contributed by atoms with Gasteiger partial charge in [0.25, 0.3) is 11.8 Å². The molecule has 126 valence electrons. The van der Waals surface area contributed by atoms with Crippen LogP contribution in [0.15, 0.2) is 53.4 Å². The number of hydrogen-bond donors (Lipinski definition) is 1. The average molecular weight is 409 g/mol. The van der Waals surface area contributed by atoms with E-state index in [2.05, 4.69) is 5.43 Å². The lowest BCUT2D eigenvalue weighted by atomic mass is 10.2. The molecule has 2 amide bonds. The molecule has 1 aliphatic rings. The van der Waals surface area contributed by atoms with Gasteiger partial charge in [-0.1, -0.05) is 59.2 Å². The predicted octanol–water partition coefficient (Wildman–Crippen LogP) is 4.54. The van der Waals surface area contributed by atoms with Crippen LogP contribution in [0.4, 0.5) is 0 Å². The number of benzene rings is 2. The van der Waals surface area contributed by atoms with Crippen molar-refractivity contribution in [1.29, 1.82) is 0 Å². The van der Waals surface area contributed by atoms with Gasteiger partial charge in [-0.2, -0.15) is 5.01 Å². The second-order valence-electron chi connectivity index (χ2n) is 4.99. The van der Waals surface area contributed by atoms with Crippen molar-refractivity contribution in [1.82, 2.24) is 10.4 Å². The maximum absolute atomic E-state index is 12.5. The van der Waals surface area contributed by atoms with Crippen LogP contribution in [0.25, 0.3) is 6.08 Å². The minimum atomic E-state index is -0.414. The number of thioether (sulfide) groups is 1.